The molecular formula is C9H8BrNS. The molecule has 0 atom stereocenters. The molecule has 1 rings (SSSR count). The molecule has 0 aromatic heterocycles. The number of halogens is 1. The SMILES string of the molecule is S=C=NCCc1ccccc1Br. The van der Waals surface area contributed by atoms with Crippen molar-refractivity contribution in [1.82, 2.24) is 0 Å². The van der Waals surface area contributed by atoms with Crippen molar-refractivity contribution in [3.63, 3.8) is 0 Å². The Morgan fingerprint density at radius 2 is 2.17 bits per heavy atom. The molecule has 0 saturated carbocycles. The van der Waals surface area contributed by atoms with Crippen LogP contribution < -0.4 is 0 Å². The van der Waals surface area contributed by atoms with E-state index in [0.29, 0.717) is 6.54 Å². The van der Waals surface area contributed by atoms with Crippen LogP contribution in [0.3, 0.4) is 0 Å². The van der Waals surface area contributed by atoms with Crippen molar-refractivity contribution in [1.29, 1.82) is 0 Å². The summed E-state index contributed by atoms with van der Waals surface area (Å²) in [6.07, 6.45) is 0.908. The number of hydrogen-bond acceptors (Lipinski definition) is 2. The largest absolute Gasteiger partial charge is 0.232 e. The Kier molecular flexibility index (Phi) is 4.15. The molecule has 1 aromatic rings. The van der Waals surface area contributed by atoms with E-state index in [-0.39, 0.29) is 0 Å². The van der Waals surface area contributed by atoms with Gasteiger partial charge in [0.2, 0.25) is 0 Å². The van der Waals surface area contributed by atoms with E-state index in [1.807, 2.05) is 18.2 Å². The number of benzene rings is 1. The van der Waals surface area contributed by atoms with Gasteiger partial charge in [-0.2, -0.15) is 0 Å². The van der Waals surface area contributed by atoms with Gasteiger partial charge in [0.05, 0.1) is 11.7 Å². The Morgan fingerprint density at radius 3 is 2.83 bits per heavy atom. The molecule has 62 valence electrons. The first-order chi connectivity index (χ1) is 5.84. The van der Waals surface area contributed by atoms with Gasteiger partial charge in [0.1, 0.15) is 0 Å². The minimum atomic E-state index is 0.714. The van der Waals surface area contributed by atoms with E-state index in [2.05, 4.69) is 44.4 Å². The summed E-state index contributed by atoms with van der Waals surface area (Å²) in [5.74, 6) is 0. The summed E-state index contributed by atoms with van der Waals surface area (Å²) in [6, 6.07) is 8.11. The minimum absolute atomic E-state index is 0.714. The second-order valence-electron chi connectivity index (χ2n) is 2.31. The van der Waals surface area contributed by atoms with Crippen LogP contribution in [0, 0.1) is 0 Å². The van der Waals surface area contributed by atoms with Gasteiger partial charge in [-0.3, -0.25) is 0 Å². The second-order valence-corrected chi connectivity index (χ2v) is 3.35. The lowest BCUT2D eigenvalue weighted by Crippen LogP contribution is -1.89. The molecule has 3 heteroatoms. The summed E-state index contributed by atoms with van der Waals surface area (Å²) in [5, 5.41) is 2.35. The Hall–Kier alpha value is -0.500. The maximum absolute atomic E-state index is 4.47. The first kappa shape index (κ1) is 9.59. The van der Waals surface area contributed by atoms with Crippen molar-refractivity contribution in [3.05, 3.63) is 34.3 Å². The zero-order valence-electron chi connectivity index (χ0n) is 6.46. The van der Waals surface area contributed by atoms with Crippen molar-refractivity contribution in [3.8, 4) is 0 Å². The van der Waals surface area contributed by atoms with E-state index in [1.54, 1.807) is 0 Å². The quantitative estimate of drug-likeness (QED) is 0.586. The summed E-state index contributed by atoms with van der Waals surface area (Å²) in [7, 11) is 0. The first-order valence-corrected chi connectivity index (χ1v) is 4.82. The molecule has 0 fully saturated rings. The Bertz CT molecular complexity index is 305. The van der Waals surface area contributed by atoms with Crippen LogP contribution in [0.15, 0.2) is 33.7 Å². The van der Waals surface area contributed by atoms with Crippen LogP contribution in [0.5, 0.6) is 0 Å². The zero-order valence-corrected chi connectivity index (χ0v) is 8.86. The number of aliphatic imine (C=N–C) groups is 1. The summed E-state index contributed by atoms with van der Waals surface area (Å²) < 4.78 is 1.13. The molecule has 1 aromatic carbocycles. The second kappa shape index (κ2) is 5.20. The normalized spacial score (nSPS) is 9.08. The maximum Gasteiger partial charge on any atom is 0.0585 e. The van der Waals surface area contributed by atoms with E-state index in [1.165, 1.54) is 5.56 Å². The number of nitrogens with zero attached hydrogens (tertiary/aromatic N) is 1. The van der Waals surface area contributed by atoms with Crippen LogP contribution in [-0.2, 0) is 6.42 Å². The number of thiocarbonyl (C=S) groups is 1. The molecule has 1 nitrogen and oxygen atoms in total. The van der Waals surface area contributed by atoms with Gasteiger partial charge in [-0.05, 0) is 30.3 Å². The van der Waals surface area contributed by atoms with Gasteiger partial charge in [-0.1, -0.05) is 34.1 Å². The van der Waals surface area contributed by atoms with Crippen LogP contribution >= 0.6 is 28.1 Å². The topological polar surface area (TPSA) is 12.4 Å². The van der Waals surface area contributed by atoms with Gasteiger partial charge in [-0.15, -0.1) is 0 Å². The summed E-state index contributed by atoms with van der Waals surface area (Å²) >= 11 is 7.93. The zero-order chi connectivity index (χ0) is 8.81. The molecule has 0 amide bonds. The molecule has 0 aliphatic rings. The summed E-state index contributed by atoms with van der Waals surface area (Å²) in [5.41, 5.74) is 1.26. The van der Waals surface area contributed by atoms with E-state index in [9.17, 15) is 0 Å². The van der Waals surface area contributed by atoms with Gasteiger partial charge in [0.25, 0.3) is 0 Å². The van der Waals surface area contributed by atoms with Gasteiger partial charge in [-0.25, -0.2) is 4.99 Å². The molecular weight excluding hydrogens is 234 g/mol. The van der Waals surface area contributed by atoms with Crippen molar-refractivity contribution in [2.24, 2.45) is 4.99 Å². The third-order valence-electron chi connectivity index (χ3n) is 1.52. The standard InChI is InChI=1S/C9H8BrNS/c10-9-4-2-1-3-8(9)5-6-11-7-12/h1-4H,5-6H2. The molecule has 0 bridgehead atoms. The highest BCUT2D eigenvalue weighted by molar-refractivity contribution is 9.10. The van der Waals surface area contributed by atoms with Crippen LogP contribution in [0.25, 0.3) is 0 Å². The molecule has 12 heavy (non-hydrogen) atoms. The van der Waals surface area contributed by atoms with E-state index >= 15 is 0 Å². The van der Waals surface area contributed by atoms with E-state index < -0.39 is 0 Å². The lowest BCUT2D eigenvalue weighted by molar-refractivity contribution is 0.971. The predicted molar refractivity (Wildman–Crippen MR) is 57.7 cm³/mol. The fourth-order valence-corrected chi connectivity index (χ4v) is 1.50. The Labute approximate surface area is 85.6 Å². The minimum Gasteiger partial charge on any atom is -0.232 e. The summed E-state index contributed by atoms with van der Waals surface area (Å²) in [6.45, 7) is 0.714. The molecule has 0 heterocycles. The smallest absolute Gasteiger partial charge is 0.0585 e. The average Bonchev–Trinajstić information content (AvgIpc) is 2.09. The van der Waals surface area contributed by atoms with Crippen molar-refractivity contribution in [2.75, 3.05) is 6.54 Å². The van der Waals surface area contributed by atoms with Crippen molar-refractivity contribution < 1.29 is 0 Å². The number of isothiocyanates is 1. The van der Waals surface area contributed by atoms with Crippen molar-refractivity contribution in [2.45, 2.75) is 6.42 Å². The highest BCUT2D eigenvalue weighted by atomic mass is 79.9. The fraction of sp³-hybridized carbons (Fsp3) is 0.222. The molecule has 0 aliphatic carbocycles. The van der Waals surface area contributed by atoms with E-state index in [0.717, 1.165) is 10.9 Å². The average molecular weight is 242 g/mol. The summed E-state index contributed by atoms with van der Waals surface area (Å²) in [4.78, 5) is 3.85. The molecule has 0 aliphatic heterocycles. The maximum atomic E-state index is 4.47. The fourth-order valence-electron chi connectivity index (χ4n) is 0.923. The van der Waals surface area contributed by atoms with Gasteiger partial charge >= 0.3 is 0 Å². The lowest BCUT2D eigenvalue weighted by Gasteiger charge is -1.99. The molecule has 0 radical (unpaired) electrons. The van der Waals surface area contributed by atoms with Gasteiger partial charge in [0, 0.05) is 4.47 Å². The Balaban J connectivity index is 2.62. The molecule has 0 N–H and O–H groups in total. The molecule has 0 spiro atoms. The van der Waals surface area contributed by atoms with Crippen LogP contribution in [-0.4, -0.2) is 11.7 Å². The number of rotatable bonds is 3. The Morgan fingerprint density at radius 1 is 1.42 bits per heavy atom. The highest BCUT2D eigenvalue weighted by Gasteiger charge is 1.95. The third-order valence-corrected chi connectivity index (χ3v) is 2.42. The van der Waals surface area contributed by atoms with E-state index in [4.69, 9.17) is 0 Å². The highest BCUT2D eigenvalue weighted by Crippen LogP contribution is 2.15. The van der Waals surface area contributed by atoms with Crippen molar-refractivity contribution >= 4 is 33.3 Å². The number of hydrogen-bond donors (Lipinski definition) is 0. The lowest BCUT2D eigenvalue weighted by atomic mass is 10.2. The first-order valence-electron chi connectivity index (χ1n) is 3.61. The van der Waals surface area contributed by atoms with Gasteiger partial charge in [0.15, 0.2) is 0 Å². The van der Waals surface area contributed by atoms with Gasteiger partial charge < -0.3 is 0 Å². The van der Waals surface area contributed by atoms with Crippen LogP contribution in [0.1, 0.15) is 5.56 Å². The monoisotopic (exact) mass is 241 g/mol. The molecule has 0 unspecified atom stereocenters. The van der Waals surface area contributed by atoms with Crippen LogP contribution in [0.2, 0.25) is 0 Å². The third kappa shape index (κ3) is 2.86. The van der Waals surface area contributed by atoms with Crippen LogP contribution in [0.4, 0.5) is 0 Å². The predicted octanol–water partition coefficient (Wildman–Crippen LogP) is 3.09. The molecule has 0 saturated heterocycles.